The van der Waals surface area contributed by atoms with Crippen LogP contribution in [0.4, 0.5) is 0 Å². The van der Waals surface area contributed by atoms with Crippen molar-refractivity contribution in [1.29, 1.82) is 0 Å². The first-order valence-electron chi connectivity index (χ1n) is 7.98. The lowest BCUT2D eigenvalue weighted by molar-refractivity contribution is -0.143. The lowest BCUT2D eigenvalue weighted by Gasteiger charge is -2.33. The summed E-state index contributed by atoms with van der Waals surface area (Å²) in [7, 11) is 0. The summed E-state index contributed by atoms with van der Waals surface area (Å²) in [5, 5.41) is 9.64. The van der Waals surface area contributed by atoms with Crippen LogP contribution in [0.15, 0.2) is 0 Å². The highest BCUT2D eigenvalue weighted by atomic mass is 16.3. The molecule has 2 rings (SSSR count). The number of nitrogens with zero attached hydrogens (tertiary/aromatic N) is 1. The molecule has 4 heteroatoms. The van der Waals surface area contributed by atoms with Crippen molar-refractivity contribution >= 4 is 11.8 Å². The number of hydrogen-bond acceptors (Lipinski definition) is 3. The molecule has 0 aromatic heterocycles. The second-order valence-corrected chi connectivity index (χ2v) is 6.59. The third-order valence-electron chi connectivity index (χ3n) is 5.73. The van der Waals surface area contributed by atoms with Gasteiger partial charge in [0, 0.05) is 12.0 Å². The quantitative estimate of drug-likeness (QED) is 0.759. The predicted octanol–water partition coefficient (Wildman–Crippen LogP) is 2.21. The first kappa shape index (κ1) is 15.5. The van der Waals surface area contributed by atoms with Crippen LogP contribution in [0.3, 0.4) is 0 Å². The molecular weight excluding hydrogens is 254 g/mol. The molecule has 1 aliphatic carbocycles. The Morgan fingerprint density at radius 3 is 1.95 bits per heavy atom. The molecule has 114 valence electrons. The van der Waals surface area contributed by atoms with Gasteiger partial charge in [0.25, 0.3) is 0 Å². The zero-order valence-electron chi connectivity index (χ0n) is 12.9. The standard InChI is InChI=1S/C16H27NO3/c1-4-11-7-12-13(8-11)15(20)17(14(12)19)9-16(5-2,6-3)10-18/h11-13,18H,4-10H2,1-3H3. The molecule has 1 aliphatic heterocycles. The molecule has 0 aromatic rings. The van der Waals surface area contributed by atoms with Crippen molar-refractivity contribution in [2.24, 2.45) is 23.2 Å². The Bertz CT molecular complexity index is 357. The highest BCUT2D eigenvalue weighted by molar-refractivity contribution is 6.05. The number of amides is 2. The van der Waals surface area contributed by atoms with E-state index < -0.39 is 0 Å². The molecule has 2 atom stereocenters. The molecule has 0 bridgehead atoms. The Balaban J connectivity index is 2.12. The molecule has 2 aliphatic rings. The van der Waals surface area contributed by atoms with Gasteiger partial charge < -0.3 is 5.11 Å². The molecule has 0 aromatic carbocycles. The fourth-order valence-corrected chi connectivity index (χ4v) is 3.77. The van der Waals surface area contributed by atoms with E-state index in [1.54, 1.807) is 0 Å². The first-order valence-corrected chi connectivity index (χ1v) is 7.98. The summed E-state index contributed by atoms with van der Waals surface area (Å²) < 4.78 is 0. The van der Waals surface area contributed by atoms with Crippen LogP contribution in [0, 0.1) is 23.2 Å². The van der Waals surface area contributed by atoms with E-state index in [2.05, 4.69) is 6.92 Å². The molecule has 0 radical (unpaired) electrons. The lowest BCUT2D eigenvalue weighted by atomic mass is 9.82. The number of carbonyl (C=O) groups excluding carboxylic acids is 2. The van der Waals surface area contributed by atoms with Crippen LogP contribution < -0.4 is 0 Å². The van der Waals surface area contributed by atoms with Crippen LogP contribution in [0.25, 0.3) is 0 Å². The van der Waals surface area contributed by atoms with Gasteiger partial charge in [0.2, 0.25) is 11.8 Å². The van der Waals surface area contributed by atoms with Crippen LogP contribution in [0.1, 0.15) is 52.9 Å². The molecule has 1 heterocycles. The van der Waals surface area contributed by atoms with Crippen LogP contribution in [-0.4, -0.2) is 35.0 Å². The van der Waals surface area contributed by atoms with Gasteiger partial charge in [-0.1, -0.05) is 27.2 Å². The van der Waals surface area contributed by atoms with Gasteiger partial charge in [-0.2, -0.15) is 0 Å². The smallest absolute Gasteiger partial charge is 0.233 e. The molecule has 0 spiro atoms. The van der Waals surface area contributed by atoms with Gasteiger partial charge in [-0.05, 0) is 31.6 Å². The molecular formula is C16H27NO3. The molecule has 2 amide bonds. The van der Waals surface area contributed by atoms with Crippen LogP contribution in [0.5, 0.6) is 0 Å². The third kappa shape index (κ3) is 2.39. The van der Waals surface area contributed by atoms with Gasteiger partial charge in [0.1, 0.15) is 0 Å². The summed E-state index contributed by atoms with van der Waals surface area (Å²) in [5.74, 6) is 0.376. The first-order chi connectivity index (χ1) is 9.51. The Morgan fingerprint density at radius 2 is 1.60 bits per heavy atom. The maximum absolute atomic E-state index is 12.5. The van der Waals surface area contributed by atoms with E-state index in [4.69, 9.17) is 0 Å². The minimum Gasteiger partial charge on any atom is -0.396 e. The largest absolute Gasteiger partial charge is 0.396 e. The van der Waals surface area contributed by atoms with Crippen LogP contribution >= 0.6 is 0 Å². The average Bonchev–Trinajstić information content (AvgIpc) is 2.99. The van der Waals surface area contributed by atoms with E-state index in [1.165, 1.54) is 4.90 Å². The number of aliphatic hydroxyl groups excluding tert-OH is 1. The normalized spacial score (nSPS) is 30.2. The minimum atomic E-state index is -0.325. The van der Waals surface area contributed by atoms with Crippen molar-refractivity contribution in [2.45, 2.75) is 52.9 Å². The average molecular weight is 281 g/mol. The van der Waals surface area contributed by atoms with E-state index in [0.717, 1.165) is 32.1 Å². The SMILES string of the molecule is CCC1CC2C(=O)N(CC(CC)(CC)CO)C(=O)C2C1. The van der Waals surface area contributed by atoms with Crippen molar-refractivity contribution in [3.05, 3.63) is 0 Å². The van der Waals surface area contributed by atoms with Crippen LogP contribution in [-0.2, 0) is 9.59 Å². The fourth-order valence-electron chi connectivity index (χ4n) is 3.77. The highest BCUT2D eigenvalue weighted by Gasteiger charge is 2.53. The van der Waals surface area contributed by atoms with E-state index in [-0.39, 0.29) is 35.7 Å². The number of carbonyl (C=O) groups is 2. The summed E-state index contributed by atoms with van der Waals surface area (Å²) in [6, 6.07) is 0. The zero-order chi connectivity index (χ0) is 14.9. The van der Waals surface area contributed by atoms with Crippen molar-refractivity contribution < 1.29 is 14.7 Å². The van der Waals surface area contributed by atoms with Crippen molar-refractivity contribution in [3.63, 3.8) is 0 Å². The molecule has 2 unspecified atom stereocenters. The Labute approximate surface area is 121 Å². The topological polar surface area (TPSA) is 57.6 Å². The Kier molecular flexibility index (Phi) is 4.52. The molecule has 4 nitrogen and oxygen atoms in total. The van der Waals surface area contributed by atoms with Gasteiger partial charge in [-0.15, -0.1) is 0 Å². The summed E-state index contributed by atoms with van der Waals surface area (Å²) in [6.45, 7) is 6.57. The summed E-state index contributed by atoms with van der Waals surface area (Å²) in [4.78, 5) is 26.5. The summed E-state index contributed by atoms with van der Waals surface area (Å²) in [5.41, 5.74) is -0.325. The van der Waals surface area contributed by atoms with E-state index in [1.807, 2.05) is 13.8 Å². The van der Waals surface area contributed by atoms with Gasteiger partial charge in [0.15, 0.2) is 0 Å². The zero-order valence-corrected chi connectivity index (χ0v) is 12.9. The Hall–Kier alpha value is -0.900. The summed E-state index contributed by atoms with van der Waals surface area (Å²) in [6.07, 6.45) is 4.35. The van der Waals surface area contributed by atoms with E-state index >= 15 is 0 Å². The third-order valence-corrected chi connectivity index (χ3v) is 5.73. The summed E-state index contributed by atoms with van der Waals surface area (Å²) >= 11 is 0. The fraction of sp³-hybridized carbons (Fsp3) is 0.875. The molecule has 2 fully saturated rings. The monoisotopic (exact) mass is 281 g/mol. The van der Waals surface area contributed by atoms with Gasteiger partial charge in [-0.25, -0.2) is 0 Å². The number of imide groups is 1. The number of likely N-dealkylation sites (tertiary alicyclic amines) is 1. The molecule has 1 saturated carbocycles. The van der Waals surface area contributed by atoms with E-state index in [9.17, 15) is 14.7 Å². The molecule has 20 heavy (non-hydrogen) atoms. The molecule has 1 saturated heterocycles. The second kappa shape index (κ2) is 5.84. The predicted molar refractivity (Wildman–Crippen MR) is 76.8 cm³/mol. The lowest BCUT2D eigenvalue weighted by Crippen LogP contribution is -2.43. The van der Waals surface area contributed by atoms with Crippen molar-refractivity contribution in [2.75, 3.05) is 13.2 Å². The van der Waals surface area contributed by atoms with Gasteiger partial charge >= 0.3 is 0 Å². The van der Waals surface area contributed by atoms with Crippen LogP contribution in [0.2, 0.25) is 0 Å². The van der Waals surface area contributed by atoms with Gasteiger partial charge in [0.05, 0.1) is 18.4 Å². The van der Waals surface area contributed by atoms with Crippen molar-refractivity contribution in [3.8, 4) is 0 Å². The highest BCUT2D eigenvalue weighted by Crippen LogP contribution is 2.45. The molecule has 1 N–H and O–H groups in total. The maximum Gasteiger partial charge on any atom is 0.233 e. The van der Waals surface area contributed by atoms with Gasteiger partial charge in [-0.3, -0.25) is 14.5 Å². The Morgan fingerprint density at radius 1 is 1.10 bits per heavy atom. The minimum absolute atomic E-state index is 0.00988. The van der Waals surface area contributed by atoms with Crippen molar-refractivity contribution in [1.82, 2.24) is 4.90 Å². The number of fused-ring (bicyclic) bond motifs is 1. The number of aliphatic hydroxyl groups is 1. The second-order valence-electron chi connectivity index (χ2n) is 6.59. The number of rotatable bonds is 6. The van der Waals surface area contributed by atoms with E-state index in [0.29, 0.717) is 12.5 Å². The number of hydrogen-bond donors (Lipinski definition) is 1. The maximum atomic E-state index is 12.5.